The van der Waals surface area contributed by atoms with Crippen molar-refractivity contribution in [2.75, 3.05) is 13.2 Å². The zero-order chi connectivity index (χ0) is 10.1. The van der Waals surface area contributed by atoms with E-state index in [1.54, 1.807) is 6.41 Å². The third kappa shape index (κ3) is 5.16. The van der Waals surface area contributed by atoms with Gasteiger partial charge < -0.3 is 0 Å². The molecule has 1 fully saturated rings. The molecular formula is C9H16NO4. The quantitative estimate of drug-likeness (QED) is 0.605. The van der Waals surface area contributed by atoms with E-state index in [0.29, 0.717) is 13.2 Å². The van der Waals surface area contributed by atoms with Crippen LogP contribution in [-0.4, -0.2) is 24.6 Å². The highest BCUT2D eigenvalue weighted by Crippen LogP contribution is 2.07. The van der Waals surface area contributed by atoms with E-state index in [9.17, 15) is 4.79 Å². The fourth-order valence-electron chi connectivity index (χ4n) is 1.31. The van der Waals surface area contributed by atoms with E-state index in [1.165, 1.54) is 12.8 Å². The first-order valence-electron chi connectivity index (χ1n) is 5.05. The molecule has 0 spiro atoms. The van der Waals surface area contributed by atoms with Gasteiger partial charge >= 0.3 is 6.41 Å². The summed E-state index contributed by atoms with van der Waals surface area (Å²) in [6.07, 6.45) is 8.10. The van der Waals surface area contributed by atoms with E-state index < -0.39 is 0 Å². The fraction of sp³-hybridized carbons (Fsp3) is 0.889. The molecule has 0 saturated carbocycles. The molecule has 14 heavy (non-hydrogen) atoms. The summed E-state index contributed by atoms with van der Waals surface area (Å²) in [6.45, 7) is 0.986. The summed E-state index contributed by atoms with van der Waals surface area (Å²) in [7, 11) is 0. The summed E-state index contributed by atoms with van der Waals surface area (Å²) >= 11 is 0. The second-order valence-corrected chi connectivity index (χ2v) is 3.28. The number of hydrogen-bond acceptors (Lipinski definition) is 4. The van der Waals surface area contributed by atoms with Crippen molar-refractivity contribution in [3.8, 4) is 0 Å². The van der Waals surface area contributed by atoms with Crippen molar-refractivity contribution in [2.45, 2.75) is 38.5 Å². The van der Waals surface area contributed by atoms with E-state index in [1.807, 2.05) is 0 Å². The average molecular weight is 202 g/mol. The average Bonchev–Trinajstić information content (AvgIpc) is 2.19. The van der Waals surface area contributed by atoms with Crippen LogP contribution in [0.3, 0.4) is 0 Å². The van der Waals surface area contributed by atoms with E-state index in [4.69, 9.17) is 4.89 Å². The van der Waals surface area contributed by atoms with Crippen LogP contribution in [-0.2, 0) is 19.7 Å². The highest BCUT2D eigenvalue weighted by Gasteiger charge is 2.05. The highest BCUT2D eigenvalue weighted by molar-refractivity contribution is 5.45. The van der Waals surface area contributed by atoms with Crippen LogP contribution < -0.4 is 0 Å². The Morgan fingerprint density at radius 2 is 1.71 bits per heavy atom. The second-order valence-electron chi connectivity index (χ2n) is 3.28. The van der Waals surface area contributed by atoms with Crippen molar-refractivity contribution in [3.63, 3.8) is 0 Å². The first-order valence-corrected chi connectivity index (χ1v) is 5.05. The molecule has 1 rings (SSSR count). The lowest BCUT2D eigenvalue weighted by Crippen LogP contribution is -2.24. The third-order valence-corrected chi connectivity index (χ3v) is 2.11. The number of rotatable bonds is 1. The van der Waals surface area contributed by atoms with Crippen LogP contribution in [0.15, 0.2) is 0 Å². The molecule has 1 aliphatic rings. The Bertz CT molecular complexity index is 142. The number of amides is 1. The number of carbonyl (C=O) groups excluding carboxylic acids is 1. The molecule has 5 nitrogen and oxygen atoms in total. The summed E-state index contributed by atoms with van der Waals surface area (Å²) in [5, 5.41) is 5.35. The maximum Gasteiger partial charge on any atom is 0.340 e. The molecule has 1 saturated heterocycles. The molecule has 0 aliphatic carbocycles. The number of hydroxylamine groups is 2. The first-order chi connectivity index (χ1) is 6.93. The van der Waals surface area contributed by atoms with Crippen LogP contribution in [0.1, 0.15) is 38.5 Å². The molecule has 0 N–H and O–H groups in total. The minimum absolute atomic E-state index is 0.493. The van der Waals surface area contributed by atoms with E-state index >= 15 is 0 Å². The smallest absolute Gasteiger partial charge is 0.261 e. The van der Waals surface area contributed by atoms with Gasteiger partial charge in [0.15, 0.2) is 0 Å². The molecule has 5 heteroatoms. The zero-order valence-corrected chi connectivity index (χ0v) is 8.24. The molecule has 81 valence electrons. The summed E-state index contributed by atoms with van der Waals surface area (Å²) in [5.41, 5.74) is 0. The van der Waals surface area contributed by atoms with Crippen molar-refractivity contribution in [2.24, 2.45) is 0 Å². The van der Waals surface area contributed by atoms with Gasteiger partial charge in [0, 0.05) is 0 Å². The van der Waals surface area contributed by atoms with Gasteiger partial charge in [-0.1, -0.05) is 30.7 Å². The van der Waals surface area contributed by atoms with Crippen LogP contribution in [0.4, 0.5) is 0 Å². The van der Waals surface area contributed by atoms with Gasteiger partial charge in [0.2, 0.25) is 0 Å². The van der Waals surface area contributed by atoms with Gasteiger partial charge in [-0.25, -0.2) is 4.89 Å². The van der Waals surface area contributed by atoms with Crippen molar-refractivity contribution >= 4 is 6.41 Å². The lowest BCUT2D eigenvalue weighted by atomic mass is 10.1. The van der Waals surface area contributed by atoms with Crippen LogP contribution in [0.5, 0.6) is 0 Å². The second kappa shape index (κ2) is 7.73. The van der Waals surface area contributed by atoms with E-state index in [0.717, 1.165) is 30.7 Å². The zero-order valence-electron chi connectivity index (χ0n) is 8.24. The SMILES string of the molecule is O=[C]N1CCCCCCCCOOO1. The predicted molar refractivity (Wildman–Crippen MR) is 48.2 cm³/mol. The lowest BCUT2D eigenvalue weighted by Gasteiger charge is -2.13. The predicted octanol–water partition coefficient (Wildman–Crippen LogP) is 1.50. The molecule has 1 aliphatic heterocycles. The first kappa shape index (κ1) is 11.4. The summed E-state index contributed by atoms with van der Waals surface area (Å²) in [5.74, 6) is 0. The molecule has 0 aromatic heterocycles. The Balaban J connectivity index is 2.20. The van der Waals surface area contributed by atoms with Crippen LogP contribution >= 0.6 is 0 Å². The largest absolute Gasteiger partial charge is 0.340 e. The summed E-state index contributed by atoms with van der Waals surface area (Å²) < 4.78 is 0. The maximum absolute atomic E-state index is 10.3. The van der Waals surface area contributed by atoms with Gasteiger partial charge in [-0.2, -0.15) is 5.06 Å². The van der Waals surface area contributed by atoms with Crippen LogP contribution in [0, 0.1) is 0 Å². The molecule has 0 bridgehead atoms. The van der Waals surface area contributed by atoms with E-state index in [2.05, 4.69) is 10.0 Å². The summed E-state index contributed by atoms with van der Waals surface area (Å²) in [4.78, 5) is 19.6. The Hall–Kier alpha value is -0.650. The monoisotopic (exact) mass is 202 g/mol. The molecule has 0 aromatic rings. The van der Waals surface area contributed by atoms with Crippen molar-refractivity contribution < 1.29 is 19.7 Å². The van der Waals surface area contributed by atoms with Gasteiger partial charge in [0.1, 0.15) is 0 Å². The van der Waals surface area contributed by atoms with Crippen LogP contribution in [0.25, 0.3) is 0 Å². The Morgan fingerprint density at radius 3 is 2.50 bits per heavy atom. The lowest BCUT2D eigenvalue weighted by molar-refractivity contribution is -0.568. The van der Waals surface area contributed by atoms with Gasteiger partial charge in [-0.15, -0.1) is 0 Å². The van der Waals surface area contributed by atoms with Crippen LogP contribution in [0.2, 0.25) is 0 Å². The van der Waals surface area contributed by atoms with Crippen molar-refractivity contribution in [3.05, 3.63) is 0 Å². The highest BCUT2D eigenvalue weighted by atomic mass is 17.5. The Labute approximate surface area is 83.7 Å². The van der Waals surface area contributed by atoms with E-state index in [-0.39, 0.29) is 0 Å². The molecule has 1 radical (unpaired) electrons. The van der Waals surface area contributed by atoms with Crippen molar-refractivity contribution in [1.82, 2.24) is 5.06 Å². The number of nitrogens with zero attached hydrogens (tertiary/aromatic N) is 1. The van der Waals surface area contributed by atoms with Gasteiger partial charge in [-0.3, -0.25) is 4.79 Å². The van der Waals surface area contributed by atoms with Crippen molar-refractivity contribution in [1.29, 1.82) is 0 Å². The van der Waals surface area contributed by atoms with Gasteiger partial charge in [-0.05, 0) is 17.9 Å². The third-order valence-electron chi connectivity index (χ3n) is 2.11. The molecule has 0 atom stereocenters. The minimum Gasteiger partial charge on any atom is -0.261 e. The fourth-order valence-corrected chi connectivity index (χ4v) is 1.31. The molecular weight excluding hydrogens is 186 g/mol. The maximum atomic E-state index is 10.3. The Morgan fingerprint density at radius 1 is 1.00 bits per heavy atom. The molecule has 0 aromatic carbocycles. The Kier molecular flexibility index (Phi) is 6.30. The molecule has 1 amide bonds. The molecule has 1 heterocycles. The number of hydrogen-bond donors (Lipinski definition) is 0. The minimum atomic E-state index is 0.493. The van der Waals surface area contributed by atoms with Gasteiger partial charge in [0.05, 0.1) is 13.2 Å². The molecule has 0 unspecified atom stereocenters. The topological polar surface area (TPSA) is 48.0 Å². The van der Waals surface area contributed by atoms with Gasteiger partial charge in [0.25, 0.3) is 0 Å². The standard InChI is InChI=1S/C9H16NO4/c11-9-10-7-5-3-1-2-4-6-8-12-14-13-10/h1-8H2. The summed E-state index contributed by atoms with van der Waals surface area (Å²) in [6, 6.07) is 0. The normalized spacial score (nSPS) is 22.1.